The van der Waals surface area contributed by atoms with Crippen LogP contribution in [0.25, 0.3) is 0 Å². The zero-order chi connectivity index (χ0) is 14.5. The third-order valence-corrected chi connectivity index (χ3v) is 3.06. The Morgan fingerprint density at radius 2 is 1.90 bits per heavy atom. The topological polar surface area (TPSA) is 59.3 Å². The highest BCUT2D eigenvalue weighted by Gasteiger charge is 2.08. The van der Waals surface area contributed by atoms with Gasteiger partial charge in [0.2, 0.25) is 0 Å². The molecule has 2 rings (SSSR count). The number of hydrogen-bond donors (Lipinski definition) is 0. The number of methoxy groups -OCH3 is 1. The first-order valence-corrected chi connectivity index (χ1v) is 6.49. The highest BCUT2D eigenvalue weighted by atomic mass is 79.9. The molecular weight excluding hydrogens is 322 g/mol. The van der Waals surface area contributed by atoms with E-state index in [2.05, 4.69) is 26.7 Å². The third-order valence-electron chi connectivity index (χ3n) is 2.57. The number of nitrogens with zero attached hydrogens (tertiary/aromatic N) is 1. The summed E-state index contributed by atoms with van der Waals surface area (Å²) in [7, 11) is 1.33. The van der Waals surface area contributed by atoms with Crippen molar-refractivity contribution < 1.29 is 14.3 Å². The molecule has 20 heavy (non-hydrogen) atoms. The van der Waals surface area contributed by atoms with Gasteiger partial charge in [0, 0.05) is 4.47 Å². The van der Waals surface area contributed by atoms with Crippen LogP contribution in [-0.2, 0) is 4.74 Å². The van der Waals surface area contributed by atoms with E-state index in [-0.39, 0.29) is 0 Å². The fourth-order valence-corrected chi connectivity index (χ4v) is 1.94. The summed E-state index contributed by atoms with van der Waals surface area (Å²) >= 11 is 3.30. The van der Waals surface area contributed by atoms with Gasteiger partial charge in [-0.3, -0.25) is 0 Å². The smallest absolute Gasteiger partial charge is 0.337 e. The number of ether oxygens (including phenoxy) is 2. The average Bonchev–Trinajstić information content (AvgIpc) is 2.49. The predicted octanol–water partition coefficient (Wildman–Crippen LogP) is 3.90. The number of esters is 1. The van der Waals surface area contributed by atoms with Crippen molar-refractivity contribution in [2.24, 2.45) is 0 Å². The van der Waals surface area contributed by atoms with Crippen LogP contribution in [0.2, 0.25) is 0 Å². The van der Waals surface area contributed by atoms with Crippen LogP contribution >= 0.6 is 15.9 Å². The second-order valence-electron chi connectivity index (χ2n) is 3.87. The van der Waals surface area contributed by atoms with E-state index < -0.39 is 5.97 Å². The molecule has 0 heterocycles. The molecule has 0 spiro atoms. The lowest BCUT2D eigenvalue weighted by Gasteiger charge is -2.08. The van der Waals surface area contributed by atoms with Crippen LogP contribution in [0.4, 0.5) is 0 Å². The Bertz CT molecular complexity index is 675. The van der Waals surface area contributed by atoms with E-state index >= 15 is 0 Å². The van der Waals surface area contributed by atoms with Crippen LogP contribution in [0.1, 0.15) is 15.9 Å². The summed E-state index contributed by atoms with van der Waals surface area (Å²) in [5.74, 6) is 0.593. The molecule has 0 bridgehead atoms. The number of carbonyl (C=O) groups excluding carboxylic acids is 1. The molecule has 2 aromatic rings. The van der Waals surface area contributed by atoms with E-state index in [4.69, 9.17) is 10.00 Å². The van der Waals surface area contributed by atoms with Gasteiger partial charge in [0.15, 0.2) is 0 Å². The van der Waals surface area contributed by atoms with Crippen LogP contribution in [0.15, 0.2) is 46.9 Å². The Balaban J connectivity index is 2.23. The van der Waals surface area contributed by atoms with Gasteiger partial charge in [-0.2, -0.15) is 5.26 Å². The summed E-state index contributed by atoms with van der Waals surface area (Å²) in [5, 5.41) is 9.06. The Labute approximate surface area is 124 Å². The Morgan fingerprint density at radius 1 is 1.20 bits per heavy atom. The lowest BCUT2D eigenvalue weighted by molar-refractivity contribution is 0.0600. The third kappa shape index (κ3) is 3.16. The minimum atomic E-state index is -0.405. The van der Waals surface area contributed by atoms with Crippen LogP contribution in [0.5, 0.6) is 11.5 Å². The van der Waals surface area contributed by atoms with Gasteiger partial charge in [-0.1, -0.05) is 15.9 Å². The summed E-state index contributed by atoms with van der Waals surface area (Å²) < 4.78 is 11.1. The highest BCUT2D eigenvalue weighted by Crippen LogP contribution is 2.27. The van der Waals surface area contributed by atoms with Crippen molar-refractivity contribution in [3.63, 3.8) is 0 Å². The fourth-order valence-electron chi connectivity index (χ4n) is 1.58. The van der Waals surface area contributed by atoms with Gasteiger partial charge in [0.25, 0.3) is 0 Å². The molecule has 5 heteroatoms. The van der Waals surface area contributed by atoms with Gasteiger partial charge in [-0.25, -0.2) is 4.79 Å². The maximum Gasteiger partial charge on any atom is 0.337 e. The van der Waals surface area contributed by atoms with Gasteiger partial charge in [-0.15, -0.1) is 0 Å². The van der Waals surface area contributed by atoms with Crippen molar-refractivity contribution in [1.82, 2.24) is 0 Å². The first kappa shape index (κ1) is 14.1. The summed E-state index contributed by atoms with van der Waals surface area (Å²) in [5.41, 5.74) is 0.868. The zero-order valence-electron chi connectivity index (χ0n) is 10.6. The molecule has 0 fully saturated rings. The van der Waals surface area contributed by atoms with Gasteiger partial charge in [0.05, 0.1) is 18.2 Å². The number of nitriles is 1. The number of hydrogen-bond acceptors (Lipinski definition) is 4. The van der Waals surface area contributed by atoms with E-state index in [0.29, 0.717) is 22.6 Å². The molecule has 0 saturated heterocycles. The Morgan fingerprint density at radius 3 is 2.50 bits per heavy atom. The first-order valence-electron chi connectivity index (χ1n) is 5.70. The molecule has 100 valence electrons. The average molecular weight is 332 g/mol. The SMILES string of the molecule is COC(=O)c1ccc(Oc2ccc(Br)cc2C#N)cc1. The Hall–Kier alpha value is -2.32. The molecule has 0 saturated carbocycles. The van der Waals surface area contributed by atoms with Crippen LogP contribution in [-0.4, -0.2) is 13.1 Å². The molecule has 0 aliphatic rings. The molecule has 0 atom stereocenters. The molecule has 0 aliphatic heterocycles. The first-order chi connectivity index (χ1) is 9.63. The van der Waals surface area contributed by atoms with Gasteiger partial charge >= 0.3 is 5.97 Å². The second-order valence-corrected chi connectivity index (χ2v) is 4.79. The summed E-state index contributed by atoms with van der Waals surface area (Å²) in [6.45, 7) is 0. The van der Waals surface area contributed by atoms with Crippen LogP contribution in [0, 0.1) is 11.3 Å². The van der Waals surface area contributed by atoms with Crippen molar-refractivity contribution >= 4 is 21.9 Å². The molecule has 4 nitrogen and oxygen atoms in total. The van der Waals surface area contributed by atoms with E-state index in [1.165, 1.54) is 7.11 Å². The molecule has 0 unspecified atom stereocenters. The summed E-state index contributed by atoms with van der Waals surface area (Å²) in [4.78, 5) is 11.3. The largest absolute Gasteiger partial charge is 0.465 e. The maximum absolute atomic E-state index is 11.3. The van der Waals surface area contributed by atoms with E-state index in [1.807, 2.05) is 0 Å². The number of rotatable bonds is 3. The van der Waals surface area contributed by atoms with E-state index in [9.17, 15) is 4.79 Å². The van der Waals surface area contributed by atoms with Crippen molar-refractivity contribution in [2.75, 3.05) is 7.11 Å². The van der Waals surface area contributed by atoms with Crippen molar-refractivity contribution in [3.8, 4) is 17.6 Å². The lowest BCUT2D eigenvalue weighted by atomic mass is 10.2. The van der Waals surface area contributed by atoms with Crippen molar-refractivity contribution in [3.05, 3.63) is 58.1 Å². The number of benzene rings is 2. The molecular formula is C15H10BrNO3. The number of carbonyl (C=O) groups is 1. The number of halogens is 1. The quantitative estimate of drug-likeness (QED) is 0.800. The van der Waals surface area contributed by atoms with E-state index in [1.54, 1.807) is 42.5 Å². The maximum atomic E-state index is 11.3. The molecule has 0 N–H and O–H groups in total. The molecule has 2 aromatic carbocycles. The summed E-state index contributed by atoms with van der Waals surface area (Å²) in [6.07, 6.45) is 0. The fraction of sp³-hybridized carbons (Fsp3) is 0.0667. The Kier molecular flexibility index (Phi) is 4.38. The van der Waals surface area contributed by atoms with Gasteiger partial charge < -0.3 is 9.47 Å². The second kappa shape index (κ2) is 6.22. The zero-order valence-corrected chi connectivity index (χ0v) is 12.2. The molecule has 0 amide bonds. The lowest BCUT2D eigenvalue weighted by Crippen LogP contribution is -2.00. The van der Waals surface area contributed by atoms with Gasteiger partial charge in [-0.05, 0) is 42.5 Å². The minimum Gasteiger partial charge on any atom is -0.465 e. The highest BCUT2D eigenvalue weighted by molar-refractivity contribution is 9.10. The standard InChI is InChI=1S/C15H10BrNO3/c1-19-15(18)10-2-5-13(6-3-10)20-14-7-4-12(16)8-11(14)9-17/h2-8H,1H3. The van der Waals surface area contributed by atoms with E-state index in [0.717, 1.165) is 4.47 Å². The monoisotopic (exact) mass is 331 g/mol. The van der Waals surface area contributed by atoms with Crippen molar-refractivity contribution in [1.29, 1.82) is 5.26 Å². The molecule has 0 radical (unpaired) electrons. The van der Waals surface area contributed by atoms with Gasteiger partial charge in [0.1, 0.15) is 17.6 Å². The minimum absolute atomic E-state index is 0.405. The molecule has 0 aliphatic carbocycles. The van der Waals surface area contributed by atoms with Crippen molar-refractivity contribution in [2.45, 2.75) is 0 Å². The normalized spacial score (nSPS) is 9.65. The van der Waals surface area contributed by atoms with Crippen LogP contribution in [0.3, 0.4) is 0 Å². The predicted molar refractivity (Wildman–Crippen MR) is 76.7 cm³/mol. The molecule has 0 aromatic heterocycles. The summed E-state index contributed by atoms with van der Waals surface area (Å²) in [6, 6.07) is 13.7. The van der Waals surface area contributed by atoms with Crippen LogP contribution < -0.4 is 4.74 Å².